The first-order valence-corrected chi connectivity index (χ1v) is 4.94. The van der Waals surface area contributed by atoms with Gasteiger partial charge in [0.05, 0.1) is 6.42 Å². The minimum Gasteiger partial charge on any atom is -0.330 e. The van der Waals surface area contributed by atoms with Gasteiger partial charge < -0.3 is 5.73 Å². The fourth-order valence-corrected chi connectivity index (χ4v) is 1.07. The summed E-state index contributed by atoms with van der Waals surface area (Å²) in [5, 5.41) is 0. The zero-order valence-corrected chi connectivity index (χ0v) is 8.34. The van der Waals surface area contributed by atoms with Crippen molar-refractivity contribution in [3.8, 4) is 0 Å². The molecule has 3 nitrogen and oxygen atoms in total. The van der Waals surface area contributed by atoms with Crippen LogP contribution >= 0.6 is 0 Å². The summed E-state index contributed by atoms with van der Waals surface area (Å²) in [6.07, 6.45) is 3.70. The Bertz CT molecular complexity index is 148. The van der Waals surface area contributed by atoms with Crippen LogP contribution < -0.4 is 5.73 Å². The summed E-state index contributed by atoms with van der Waals surface area (Å²) in [5.74, 6) is 0.107. The van der Waals surface area contributed by atoms with Crippen molar-refractivity contribution < 1.29 is 9.59 Å². The molecule has 0 unspecified atom stereocenters. The Morgan fingerprint density at radius 1 is 1.08 bits per heavy atom. The van der Waals surface area contributed by atoms with E-state index in [2.05, 4.69) is 0 Å². The second-order valence-electron chi connectivity index (χ2n) is 3.25. The van der Waals surface area contributed by atoms with Crippen molar-refractivity contribution in [2.45, 2.75) is 45.4 Å². The van der Waals surface area contributed by atoms with Crippen molar-refractivity contribution in [1.29, 1.82) is 0 Å². The van der Waals surface area contributed by atoms with Gasteiger partial charge in [-0.05, 0) is 19.4 Å². The lowest BCUT2D eigenvalue weighted by atomic mass is 10.1. The zero-order valence-electron chi connectivity index (χ0n) is 8.34. The second kappa shape index (κ2) is 7.92. The molecule has 0 saturated heterocycles. The highest BCUT2D eigenvalue weighted by molar-refractivity contribution is 5.98. The standard InChI is InChI=1S/C10H19NO2/c1-2-3-5-9(12)8-10(13)6-4-7-11/h2-8,11H2,1H3. The van der Waals surface area contributed by atoms with Crippen LogP contribution in [-0.2, 0) is 9.59 Å². The first-order chi connectivity index (χ1) is 6.20. The van der Waals surface area contributed by atoms with Gasteiger partial charge in [0.15, 0.2) is 0 Å². The monoisotopic (exact) mass is 185 g/mol. The number of unbranched alkanes of at least 4 members (excludes halogenated alkanes) is 1. The summed E-state index contributed by atoms with van der Waals surface area (Å²) in [6, 6.07) is 0. The fraction of sp³-hybridized carbons (Fsp3) is 0.800. The van der Waals surface area contributed by atoms with Crippen molar-refractivity contribution >= 4 is 11.6 Å². The predicted octanol–water partition coefficient (Wildman–Crippen LogP) is 1.44. The summed E-state index contributed by atoms with van der Waals surface area (Å²) >= 11 is 0. The molecule has 0 amide bonds. The fourth-order valence-electron chi connectivity index (χ4n) is 1.07. The van der Waals surface area contributed by atoms with E-state index in [-0.39, 0.29) is 18.0 Å². The number of carbonyl (C=O) groups excluding carboxylic acids is 2. The maximum Gasteiger partial charge on any atom is 0.140 e. The summed E-state index contributed by atoms with van der Waals surface area (Å²) in [6.45, 7) is 2.55. The van der Waals surface area contributed by atoms with Gasteiger partial charge in [-0.25, -0.2) is 0 Å². The summed E-state index contributed by atoms with van der Waals surface area (Å²) < 4.78 is 0. The minimum atomic E-state index is 0.0338. The topological polar surface area (TPSA) is 60.2 Å². The van der Waals surface area contributed by atoms with Crippen LogP contribution in [-0.4, -0.2) is 18.1 Å². The Hall–Kier alpha value is -0.700. The summed E-state index contributed by atoms with van der Waals surface area (Å²) in [4.78, 5) is 22.2. The molecule has 0 aliphatic heterocycles. The molecule has 0 bridgehead atoms. The van der Waals surface area contributed by atoms with Crippen LogP contribution in [0.2, 0.25) is 0 Å². The van der Waals surface area contributed by atoms with E-state index >= 15 is 0 Å². The van der Waals surface area contributed by atoms with E-state index in [4.69, 9.17) is 5.73 Å². The van der Waals surface area contributed by atoms with E-state index in [0.29, 0.717) is 25.8 Å². The number of hydrogen-bond donors (Lipinski definition) is 1. The van der Waals surface area contributed by atoms with Gasteiger partial charge in [0, 0.05) is 12.8 Å². The number of Topliss-reactive ketones (excluding diaryl/α,β-unsaturated/α-hetero) is 2. The van der Waals surface area contributed by atoms with Crippen LogP contribution in [0, 0.1) is 0 Å². The molecular formula is C10H19NO2. The molecule has 0 rings (SSSR count). The van der Waals surface area contributed by atoms with E-state index in [1.807, 2.05) is 6.92 Å². The zero-order chi connectivity index (χ0) is 10.1. The van der Waals surface area contributed by atoms with Gasteiger partial charge in [0.1, 0.15) is 11.6 Å². The molecule has 0 heterocycles. The molecule has 0 atom stereocenters. The SMILES string of the molecule is CCCCC(=O)CC(=O)CCCN. The average Bonchev–Trinajstić information content (AvgIpc) is 2.11. The first-order valence-electron chi connectivity index (χ1n) is 4.94. The van der Waals surface area contributed by atoms with Gasteiger partial charge >= 0.3 is 0 Å². The normalized spacial score (nSPS) is 10.0. The third-order valence-electron chi connectivity index (χ3n) is 1.86. The average molecular weight is 185 g/mol. The van der Waals surface area contributed by atoms with Gasteiger partial charge in [-0.15, -0.1) is 0 Å². The molecular weight excluding hydrogens is 166 g/mol. The Morgan fingerprint density at radius 2 is 1.62 bits per heavy atom. The summed E-state index contributed by atoms with van der Waals surface area (Å²) in [7, 11) is 0. The molecule has 0 aromatic rings. The first kappa shape index (κ1) is 12.3. The van der Waals surface area contributed by atoms with Gasteiger partial charge in [0.2, 0.25) is 0 Å². The Kier molecular flexibility index (Phi) is 7.50. The molecule has 2 N–H and O–H groups in total. The Morgan fingerprint density at radius 3 is 2.08 bits per heavy atom. The summed E-state index contributed by atoms with van der Waals surface area (Å²) in [5.41, 5.74) is 5.25. The lowest BCUT2D eigenvalue weighted by Crippen LogP contribution is -2.09. The van der Waals surface area contributed by atoms with E-state index in [1.54, 1.807) is 0 Å². The molecule has 0 aromatic carbocycles. The van der Waals surface area contributed by atoms with Gasteiger partial charge in [-0.1, -0.05) is 13.3 Å². The van der Waals surface area contributed by atoms with Crippen LogP contribution in [0.1, 0.15) is 45.4 Å². The second-order valence-corrected chi connectivity index (χ2v) is 3.25. The Balaban J connectivity index is 3.47. The highest BCUT2D eigenvalue weighted by atomic mass is 16.1. The molecule has 0 aliphatic rings. The van der Waals surface area contributed by atoms with Gasteiger partial charge in [-0.2, -0.15) is 0 Å². The predicted molar refractivity (Wildman–Crippen MR) is 52.4 cm³/mol. The molecule has 76 valence electrons. The third kappa shape index (κ3) is 7.65. The lowest BCUT2D eigenvalue weighted by Gasteiger charge is -1.98. The molecule has 3 heteroatoms. The van der Waals surface area contributed by atoms with Gasteiger partial charge in [0.25, 0.3) is 0 Å². The van der Waals surface area contributed by atoms with Crippen molar-refractivity contribution in [2.24, 2.45) is 5.73 Å². The molecule has 0 saturated carbocycles. The molecule has 0 spiro atoms. The highest BCUT2D eigenvalue weighted by Gasteiger charge is 2.07. The molecule has 0 aliphatic carbocycles. The van der Waals surface area contributed by atoms with Crippen molar-refractivity contribution in [1.82, 2.24) is 0 Å². The Labute approximate surface area is 79.7 Å². The van der Waals surface area contributed by atoms with Gasteiger partial charge in [-0.3, -0.25) is 9.59 Å². The molecule has 0 fully saturated rings. The number of ketones is 2. The largest absolute Gasteiger partial charge is 0.330 e. The van der Waals surface area contributed by atoms with Crippen LogP contribution in [0.3, 0.4) is 0 Å². The molecule has 0 radical (unpaired) electrons. The van der Waals surface area contributed by atoms with Crippen LogP contribution in [0.5, 0.6) is 0 Å². The molecule has 13 heavy (non-hydrogen) atoms. The van der Waals surface area contributed by atoms with Crippen LogP contribution in [0.4, 0.5) is 0 Å². The van der Waals surface area contributed by atoms with E-state index in [9.17, 15) is 9.59 Å². The number of rotatable bonds is 8. The van der Waals surface area contributed by atoms with Crippen molar-refractivity contribution in [3.05, 3.63) is 0 Å². The maximum atomic E-state index is 11.1. The van der Waals surface area contributed by atoms with Crippen LogP contribution in [0.25, 0.3) is 0 Å². The quantitative estimate of drug-likeness (QED) is 0.582. The number of carbonyl (C=O) groups is 2. The highest BCUT2D eigenvalue weighted by Crippen LogP contribution is 2.01. The number of hydrogen-bond acceptors (Lipinski definition) is 3. The minimum absolute atomic E-state index is 0.0338. The van der Waals surface area contributed by atoms with Crippen molar-refractivity contribution in [3.63, 3.8) is 0 Å². The van der Waals surface area contributed by atoms with E-state index in [1.165, 1.54) is 0 Å². The number of nitrogens with two attached hydrogens (primary N) is 1. The third-order valence-corrected chi connectivity index (χ3v) is 1.86. The molecule has 0 aromatic heterocycles. The van der Waals surface area contributed by atoms with E-state index < -0.39 is 0 Å². The smallest absolute Gasteiger partial charge is 0.140 e. The van der Waals surface area contributed by atoms with Crippen LogP contribution in [0.15, 0.2) is 0 Å². The maximum absolute atomic E-state index is 11.1. The lowest BCUT2D eigenvalue weighted by molar-refractivity contribution is -0.127. The van der Waals surface area contributed by atoms with Crippen molar-refractivity contribution in [2.75, 3.05) is 6.54 Å². The van der Waals surface area contributed by atoms with E-state index in [0.717, 1.165) is 12.8 Å².